The van der Waals surface area contributed by atoms with Crippen LogP contribution in [0.15, 0.2) is 0 Å². The Bertz CT molecular complexity index is 226. The molecule has 0 aromatic carbocycles. The zero-order valence-electron chi connectivity index (χ0n) is 7.99. The van der Waals surface area contributed by atoms with Crippen molar-refractivity contribution in [1.82, 2.24) is 0 Å². The molecule has 0 rings (SSSR count). The van der Waals surface area contributed by atoms with E-state index in [4.69, 9.17) is 10.3 Å². The van der Waals surface area contributed by atoms with Gasteiger partial charge in [-0.2, -0.15) is 0 Å². The predicted molar refractivity (Wildman–Crippen MR) is 48.7 cm³/mol. The number of rotatable bonds is 5. The van der Waals surface area contributed by atoms with Gasteiger partial charge in [-0.15, -0.1) is 0 Å². The summed E-state index contributed by atoms with van der Waals surface area (Å²) in [6.07, 6.45) is -1.72. The summed E-state index contributed by atoms with van der Waals surface area (Å²) in [5.41, 5.74) is 3.78. The lowest BCUT2D eigenvalue weighted by atomic mass is 10.3. The van der Waals surface area contributed by atoms with Gasteiger partial charge in [0.15, 0.2) is 6.17 Å². The van der Waals surface area contributed by atoms with E-state index >= 15 is 0 Å². The highest BCUT2D eigenvalue weighted by Gasteiger charge is 2.37. The lowest BCUT2D eigenvalue weighted by Gasteiger charge is -2.22. The average Bonchev–Trinajstić information content (AvgIpc) is 2.14. The van der Waals surface area contributed by atoms with Gasteiger partial charge in [0.05, 0.1) is 5.66 Å². The molecule has 0 fully saturated rings. The molecular formula is C7H15FNO3P. The molecule has 0 bridgehead atoms. The molecule has 0 spiro atoms. The van der Waals surface area contributed by atoms with Gasteiger partial charge in [0.1, 0.15) is 0 Å². The van der Waals surface area contributed by atoms with E-state index in [1.807, 2.05) is 0 Å². The van der Waals surface area contributed by atoms with E-state index in [9.17, 15) is 13.8 Å². The van der Waals surface area contributed by atoms with Gasteiger partial charge >= 0.3 is 0 Å². The summed E-state index contributed by atoms with van der Waals surface area (Å²) in [5, 5.41) is 0. The number of hydrogen-bond donors (Lipinski definition) is 1. The first kappa shape index (κ1) is 12.6. The number of amides is 1. The van der Waals surface area contributed by atoms with Gasteiger partial charge in [-0.3, -0.25) is 9.36 Å². The van der Waals surface area contributed by atoms with Gasteiger partial charge in [0, 0.05) is 13.3 Å². The van der Waals surface area contributed by atoms with E-state index in [1.54, 1.807) is 6.92 Å². The molecule has 4 nitrogen and oxygen atoms in total. The Morgan fingerprint density at radius 1 is 1.69 bits per heavy atom. The van der Waals surface area contributed by atoms with Crippen LogP contribution < -0.4 is 5.73 Å². The lowest BCUT2D eigenvalue weighted by Crippen LogP contribution is -2.34. The van der Waals surface area contributed by atoms with E-state index in [1.165, 1.54) is 14.0 Å². The highest BCUT2D eigenvalue weighted by molar-refractivity contribution is 7.59. The Kier molecular flexibility index (Phi) is 4.57. The minimum absolute atomic E-state index is 0.193. The zero-order valence-corrected chi connectivity index (χ0v) is 8.88. The summed E-state index contributed by atoms with van der Waals surface area (Å²) in [6, 6.07) is 0. The molecule has 0 saturated carbocycles. The molecule has 6 heteroatoms. The van der Waals surface area contributed by atoms with E-state index < -0.39 is 25.1 Å². The molecule has 0 aromatic rings. The fourth-order valence-corrected chi connectivity index (χ4v) is 2.73. The second-order valence-corrected chi connectivity index (χ2v) is 6.03. The summed E-state index contributed by atoms with van der Waals surface area (Å²) in [6.45, 7) is 2.98. The van der Waals surface area contributed by atoms with Crippen LogP contribution in [0.4, 0.5) is 4.39 Å². The minimum atomic E-state index is -3.06. The second-order valence-electron chi connectivity index (χ2n) is 2.77. The first-order valence-electron chi connectivity index (χ1n) is 3.97. The number of nitrogens with two attached hydrogens (primary N) is 1. The number of carbonyl (C=O) groups excluding carboxylic acids is 1. The van der Waals surface area contributed by atoms with Crippen LogP contribution in [-0.2, 0) is 13.9 Å². The quantitative estimate of drug-likeness (QED) is 0.693. The summed E-state index contributed by atoms with van der Waals surface area (Å²) in [5.74, 6) is -1.10. The van der Waals surface area contributed by atoms with Crippen molar-refractivity contribution in [2.75, 3.05) is 13.3 Å². The second kappa shape index (κ2) is 4.72. The third-order valence-corrected chi connectivity index (χ3v) is 5.07. The van der Waals surface area contributed by atoms with Crippen molar-refractivity contribution in [2.24, 2.45) is 5.73 Å². The first-order valence-corrected chi connectivity index (χ1v) is 5.84. The average molecular weight is 211 g/mol. The summed E-state index contributed by atoms with van der Waals surface area (Å²) in [4.78, 5) is 10.5. The maximum atomic E-state index is 13.1. The third-order valence-electron chi connectivity index (χ3n) is 2.07. The topological polar surface area (TPSA) is 69.4 Å². The van der Waals surface area contributed by atoms with Crippen LogP contribution >= 0.6 is 7.37 Å². The van der Waals surface area contributed by atoms with Crippen molar-refractivity contribution >= 4 is 13.3 Å². The molecule has 0 aromatic heterocycles. The molecule has 78 valence electrons. The summed E-state index contributed by atoms with van der Waals surface area (Å²) >= 11 is 0. The van der Waals surface area contributed by atoms with Gasteiger partial charge in [-0.25, -0.2) is 4.39 Å². The van der Waals surface area contributed by atoms with Crippen molar-refractivity contribution < 1.29 is 18.3 Å². The normalized spacial score (nSPS) is 20.3. The maximum absolute atomic E-state index is 13.1. The molecule has 1 amide bonds. The summed E-state index contributed by atoms with van der Waals surface area (Å²) < 4.78 is 29.5. The van der Waals surface area contributed by atoms with Crippen LogP contribution in [0.5, 0.6) is 0 Å². The molecule has 3 atom stereocenters. The van der Waals surface area contributed by atoms with Gasteiger partial charge in [-0.05, 0) is 0 Å². The van der Waals surface area contributed by atoms with Crippen molar-refractivity contribution in [3.8, 4) is 0 Å². The van der Waals surface area contributed by atoms with Crippen LogP contribution in [-0.4, -0.2) is 31.0 Å². The number of primary amides is 1. The molecule has 0 heterocycles. The van der Waals surface area contributed by atoms with Crippen molar-refractivity contribution in [3.63, 3.8) is 0 Å². The van der Waals surface area contributed by atoms with Crippen LogP contribution in [0.3, 0.4) is 0 Å². The van der Waals surface area contributed by atoms with Crippen LogP contribution in [0.25, 0.3) is 0 Å². The van der Waals surface area contributed by atoms with Gasteiger partial charge in [0.2, 0.25) is 7.37 Å². The van der Waals surface area contributed by atoms with Crippen LogP contribution in [0.2, 0.25) is 0 Å². The fourth-order valence-electron chi connectivity index (χ4n) is 1.02. The SMILES string of the molecule is CCP(=O)(OC)C(C)C(F)C(N)=O. The number of hydrogen-bond acceptors (Lipinski definition) is 3. The largest absolute Gasteiger partial charge is 0.367 e. The Hall–Kier alpha value is -0.410. The monoisotopic (exact) mass is 211 g/mol. The Morgan fingerprint density at radius 3 is 2.38 bits per heavy atom. The van der Waals surface area contributed by atoms with E-state index in [-0.39, 0.29) is 6.16 Å². The molecule has 0 aliphatic carbocycles. The van der Waals surface area contributed by atoms with Crippen molar-refractivity contribution in [1.29, 1.82) is 0 Å². The van der Waals surface area contributed by atoms with Crippen molar-refractivity contribution in [2.45, 2.75) is 25.7 Å². The number of alkyl halides is 1. The van der Waals surface area contributed by atoms with E-state index in [0.29, 0.717) is 0 Å². The molecule has 0 saturated heterocycles. The van der Waals surface area contributed by atoms with Gasteiger partial charge in [0.25, 0.3) is 5.91 Å². The van der Waals surface area contributed by atoms with Crippen LogP contribution in [0, 0.1) is 0 Å². The first-order chi connectivity index (χ1) is 5.89. The smallest absolute Gasteiger partial charge is 0.252 e. The Morgan fingerprint density at radius 2 is 2.15 bits per heavy atom. The van der Waals surface area contributed by atoms with Gasteiger partial charge < -0.3 is 10.3 Å². The lowest BCUT2D eigenvalue weighted by molar-refractivity contribution is -0.122. The van der Waals surface area contributed by atoms with E-state index in [0.717, 1.165) is 0 Å². The van der Waals surface area contributed by atoms with Crippen LogP contribution in [0.1, 0.15) is 13.8 Å². The highest BCUT2D eigenvalue weighted by Crippen LogP contribution is 2.52. The van der Waals surface area contributed by atoms with Gasteiger partial charge in [-0.1, -0.05) is 13.8 Å². The van der Waals surface area contributed by atoms with Crippen molar-refractivity contribution in [3.05, 3.63) is 0 Å². The minimum Gasteiger partial charge on any atom is -0.367 e. The molecule has 13 heavy (non-hydrogen) atoms. The predicted octanol–water partition coefficient (Wildman–Crippen LogP) is 1.14. The zero-order chi connectivity index (χ0) is 10.6. The highest BCUT2D eigenvalue weighted by atomic mass is 31.2. The Labute approximate surface area is 77.1 Å². The molecule has 2 N–H and O–H groups in total. The molecule has 0 aliphatic heterocycles. The fraction of sp³-hybridized carbons (Fsp3) is 0.857. The maximum Gasteiger partial charge on any atom is 0.252 e. The molecular weight excluding hydrogens is 196 g/mol. The number of carbonyl (C=O) groups is 1. The summed E-state index contributed by atoms with van der Waals surface area (Å²) in [7, 11) is -1.81. The molecule has 0 aliphatic rings. The third kappa shape index (κ3) is 2.78. The standard InChI is InChI=1S/C7H15FNO3P/c1-4-13(11,12-3)5(2)6(8)7(9)10/h5-6H,4H2,1-3H3,(H2,9,10). The van der Waals surface area contributed by atoms with E-state index in [2.05, 4.69) is 0 Å². The Balaban J connectivity index is 4.65. The number of halogens is 1. The molecule has 3 unspecified atom stereocenters. The molecule has 0 radical (unpaired) electrons.